The molecule has 1 aliphatic carbocycles. The van der Waals surface area contributed by atoms with E-state index >= 15 is 0 Å². The van der Waals surface area contributed by atoms with E-state index in [0.29, 0.717) is 18.8 Å². The molecule has 0 bridgehead atoms. The highest BCUT2D eigenvalue weighted by Crippen LogP contribution is 2.34. The lowest BCUT2D eigenvalue weighted by Crippen LogP contribution is -2.61. The summed E-state index contributed by atoms with van der Waals surface area (Å²) in [5.41, 5.74) is 1.86. The van der Waals surface area contributed by atoms with Crippen LogP contribution in [0, 0.1) is 11.8 Å². The number of rotatable bonds is 10. The van der Waals surface area contributed by atoms with Crippen molar-refractivity contribution in [3.8, 4) is 0 Å². The lowest BCUT2D eigenvalue weighted by Gasteiger charge is -2.42. The molecule has 2 aliphatic rings. The first-order valence-corrected chi connectivity index (χ1v) is 11.5. The quantitative estimate of drug-likeness (QED) is 0.350. The van der Waals surface area contributed by atoms with Gasteiger partial charge in [0.25, 0.3) is 0 Å². The number of fused-ring (bicyclic) bond motifs is 1. The van der Waals surface area contributed by atoms with E-state index in [2.05, 4.69) is 20.8 Å². The van der Waals surface area contributed by atoms with Gasteiger partial charge < -0.3 is 25.6 Å². The molecule has 2 amide bonds. The number of nitrogens with one attached hydrogen (secondary N) is 3. The van der Waals surface area contributed by atoms with Gasteiger partial charge in [0.2, 0.25) is 11.8 Å². The first-order valence-electron chi connectivity index (χ1n) is 11.5. The Labute approximate surface area is 188 Å². The van der Waals surface area contributed by atoms with Gasteiger partial charge in [0, 0.05) is 17.6 Å². The van der Waals surface area contributed by atoms with Crippen LogP contribution in [0.1, 0.15) is 46.0 Å². The van der Waals surface area contributed by atoms with Crippen LogP contribution in [0.3, 0.4) is 0 Å². The number of hydrogen-bond acceptors (Lipinski definition) is 6. The molecule has 5 N–H and O–H groups in total. The maximum Gasteiger partial charge on any atom is 0.475 e. The SMILES string of the molecule is CC(C)C[C@@H](NC(=O)[C@H](CC1CC1)NC(=O)[C@@H]1CCN1c1ccc2cn[nH]c2c1)B(O)O. The average Bonchev–Trinajstić information content (AvgIpc) is 3.39. The minimum atomic E-state index is -1.64. The monoisotopic (exact) mass is 441 g/mol. The van der Waals surface area contributed by atoms with E-state index in [9.17, 15) is 19.6 Å². The molecule has 0 unspecified atom stereocenters. The highest BCUT2D eigenvalue weighted by molar-refractivity contribution is 6.43. The number of aromatic amines is 1. The van der Waals surface area contributed by atoms with E-state index in [0.717, 1.165) is 42.4 Å². The fourth-order valence-corrected chi connectivity index (χ4v) is 4.31. The third-order valence-electron chi connectivity index (χ3n) is 6.39. The Kier molecular flexibility index (Phi) is 6.71. The molecule has 2 heterocycles. The van der Waals surface area contributed by atoms with Gasteiger partial charge in [-0.2, -0.15) is 5.10 Å². The summed E-state index contributed by atoms with van der Waals surface area (Å²) >= 11 is 0. The summed E-state index contributed by atoms with van der Waals surface area (Å²) < 4.78 is 0. The van der Waals surface area contributed by atoms with Crippen molar-refractivity contribution < 1.29 is 19.6 Å². The van der Waals surface area contributed by atoms with Crippen LogP contribution in [0.2, 0.25) is 0 Å². The summed E-state index contributed by atoms with van der Waals surface area (Å²) in [5, 5.41) is 33.0. The number of benzene rings is 1. The molecule has 32 heavy (non-hydrogen) atoms. The molecule has 0 spiro atoms. The molecule has 1 aromatic carbocycles. The normalized spacial score (nSPS) is 20.0. The van der Waals surface area contributed by atoms with Gasteiger partial charge in [-0.25, -0.2) is 0 Å². The number of H-pyrrole nitrogens is 1. The zero-order valence-electron chi connectivity index (χ0n) is 18.6. The Balaban J connectivity index is 1.41. The lowest BCUT2D eigenvalue weighted by molar-refractivity contribution is -0.130. The second-order valence-corrected chi connectivity index (χ2v) is 9.54. The van der Waals surface area contributed by atoms with Crippen molar-refractivity contribution in [3.63, 3.8) is 0 Å². The molecular weight excluding hydrogens is 409 g/mol. The van der Waals surface area contributed by atoms with Crippen molar-refractivity contribution in [1.82, 2.24) is 20.8 Å². The van der Waals surface area contributed by atoms with Crippen molar-refractivity contribution >= 4 is 35.5 Å². The topological polar surface area (TPSA) is 131 Å². The molecule has 1 saturated heterocycles. The van der Waals surface area contributed by atoms with Gasteiger partial charge in [-0.1, -0.05) is 26.7 Å². The average molecular weight is 441 g/mol. The predicted molar refractivity (Wildman–Crippen MR) is 123 cm³/mol. The van der Waals surface area contributed by atoms with Crippen molar-refractivity contribution in [2.24, 2.45) is 11.8 Å². The van der Waals surface area contributed by atoms with Gasteiger partial charge >= 0.3 is 7.12 Å². The third-order valence-corrected chi connectivity index (χ3v) is 6.39. The van der Waals surface area contributed by atoms with Crippen molar-refractivity contribution in [3.05, 3.63) is 24.4 Å². The first kappa shape index (κ1) is 22.6. The van der Waals surface area contributed by atoms with Gasteiger partial charge in [-0.3, -0.25) is 14.7 Å². The summed E-state index contributed by atoms with van der Waals surface area (Å²) in [7, 11) is -1.64. The van der Waals surface area contributed by atoms with Crippen molar-refractivity contribution in [2.75, 3.05) is 11.4 Å². The smallest absolute Gasteiger partial charge is 0.426 e. The summed E-state index contributed by atoms with van der Waals surface area (Å²) in [6, 6.07) is 4.92. The Morgan fingerprint density at radius 1 is 1.25 bits per heavy atom. The van der Waals surface area contributed by atoms with E-state index in [1.165, 1.54) is 0 Å². The van der Waals surface area contributed by atoms with Gasteiger partial charge in [-0.15, -0.1) is 0 Å². The van der Waals surface area contributed by atoms with Crippen LogP contribution in [0.15, 0.2) is 24.4 Å². The molecule has 1 aliphatic heterocycles. The van der Waals surface area contributed by atoms with Crippen LogP contribution >= 0.6 is 0 Å². The highest BCUT2D eigenvalue weighted by Gasteiger charge is 2.38. The molecule has 9 nitrogen and oxygen atoms in total. The Bertz CT molecular complexity index is 961. The zero-order chi connectivity index (χ0) is 22.8. The van der Waals surface area contributed by atoms with Gasteiger partial charge in [0.15, 0.2) is 0 Å². The standard InChI is InChI=1S/C22H32BN5O4/c1-13(2)9-20(23(31)32)26-21(29)18(10-14-3-4-14)25-22(30)19-7-8-28(19)16-6-5-15-12-24-27-17(15)11-16/h5-6,11-14,18-20,31-32H,3-4,7-10H2,1-2H3,(H,24,27)(H,25,30)(H,26,29)/t18-,19-,20+/m0/s1. The predicted octanol–water partition coefficient (Wildman–Crippen LogP) is 0.969. The molecule has 4 rings (SSSR count). The van der Waals surface area contributed by atoms with Gasteiger partial charge in [-0.05, 0) is 49.3 Å². The number of carbonyl (C=O) groups is 2. The molecule has 2 fully saturated rings. The van der Waals surface area contributed by atoms with Gasteiger partial charge in [0.05, 0.1) is 17.7 Å². The molecular formula is C22H32BN5O4. The van der Waals surface area contributed by atoms with E-state index in [4.69, 9.17) is 0 Å². The van der Waals surface area contributed by atoms with E-state index in [1.54, 1.807) is 6.20 Å². The number of carbonyl (C=O) groups excluding carboxylic acids is 2. The third kappa shape index (κ3) is 5.24. The maximum absolute atomic E-state index is 13.1. The summed E-state index contributed by atoms with van der Waals surface area (Å²) in [5.74, 6) is -0.675. The largest absolute Gasteiger partial charge is 0.475 e. The molecule has 3 atom stereocenters. The Morgan fingerprint density at radius 3 is 2.66 bits per heavy atom. The van der Waals surface area contributed by atoms with Crippen LogP contribution in [0.4, 0.5) is 5.69 Å². The minimum Gasteiger partial charge on any atom is -0.426 e. The lowest BCUT2D eigenvalue weighted by atomic mass is 9.75. The Morgan fingerprint density at radius 2 is 2.03 bits per heavy atom. The van der Waals surface area contributed by atoms with Gasteiger partial charge in [0.1, 0.15) is 12.1 Å². The minimum absolute atomic E-state index is 0.174. The zero-order valence-corrected chi connectivity index (χ0v) is 18.6. The molecule has 0 radical (unpaired) electrons. The van der Waals surface area contributed by atoms with Crippen LogP contribution in [-0.4, -0.2) is 63.7 Å². The van der Waals surface area contributed by atoms with Crippen LogP contribution in [0.25, 0.3) is 10.9 Å². The van der Waals surface area contributed by atoms with E-state index < -0.39 is 19.1 Å². The van der Waals surface area contributed by atoms with Crippen LogP contribution in [-0.2, 0) is 9.59 Å². The number of nitrogens with zero attached hydrogens (tertiary/aromatic N) is 2. The number of amides is 2. The number of hydrogen-bond donors (Lipinski definition) is 5. The number of aromatic nitrogens is 2. The summed E-state index contributed by atoms with van der Waals surface area (Å²) in [6.45, 7) is 4.68. The Hall–Kier alpha value is -2.59. The molecule has 172 valence electrons. The molecule has 10 heteroatoms. The van der Waals surface area contributed by atoms with Crippen molar-refractivity contribution in [2.45, 2.75) is 64.0 Å². The van der Waals surface area contributed by atoms with E-state index in [-0.39, 0.29) is 23.8 Å². The van der Waals surface area contributed by atoms with E-state index in [1.807, 2.05) is 36.9 Å². The number of anilines is 1. The van der Waals surface area contributed by atoms with Crippen LogP contribution < -0.4 is 15.5 Å². The molecule has 2 aromatic rings. The first-order chi connectivity index (χ1) is 15.3. The van der Waals surface area contributed by atoms with Crippen LogP contribution in [0.5, 0.6) is 0 Å². The summed E-state index contributed by atoms with van der Waals surface area (Å²) in [6.07, 6.45) is 5.60. The second kappa shape index (κ2) is 9.50. The fourth-order valence-electron chi connectivity index (χ4n) is 4.31. The molecule has 1 saturated carbocycles. The maximum atomic E-state index is 13.1. The fraction of sp³-hybridized carbons (Fsp3) is 0.591. The highest BCUT2D eigenvalue weighted by atomic mass is 16.4. The summed E-state index contributed by atoms with van der Waals surface area (Å²) in [4.78, 5) is 28.1. The van der Waals surface area contributed by atoms with Crippen molar-refractivity contribution in [1.29, 1.82) is 0 Å². The second-order valence-electron chi connectivity index (χ2n) is 9.54. The molecule has 1 aromatic heterocycles.